The third kappa shape index (κ3) is 4.19. The predicted molar refractivity (Wildman–Crippen MR) is 85.8 cm³/mol. The number of amides is 1. The van der Waals surface area contributed by atoms with Crippen molar-refractivity contribution >= 4 is 23.2 Å². The molecule has 1 aliphatic heterocycles. The SMILES string of the molecule is Cc1cc(C)c(NC(=O)CN2CCC(C)C(O)C2)c(Cl)c1. The highest BCUT2D eigenvalue weighted by Crippen LogP contribution is 2.27. The van der Waals surface area contributed by atoms with Crippen molar-refractivity contribution in [2.24, 2.45) is 5.92 Å². The summed E-state index contributed by atoms with van der Waals surface area (Å²) in [5.74, 6) is 0.212. The number of hydrogen-bond donors (Lipinski definition) is 2. The second-order valence-corrected chi connectivity index (χ2v) is 6.46. The number of carbonyl (C=O) groups is 1. The third-order valence-electron chi connectivity index (χ3n) is 4.07. The minimum Gasteiger partial charge on any atom is -0.392 e. The molecular weight excluding hydrogens is 288 g/mol. The Bertz CT molecular complexity index is 510. The molecule has 0 aromatic heterocycles. The fourth-order valence-corrected chi connectivity index (χ4v) is 3.08. The minimum atomic E-state index is -0.351. The van der Waals surface area contributed by atoms with Crippen LogP contribution in [-0.2, 0) is 4.79 Å². The van der Waals surface area contributed by atoms with E-state index in [-0.39, 0.29) is 18.6 Å². The fraction of sp³-hybridized carbons (Fsp3) is 0.562. The first-order valence-corrected chi connectivity index (χ1v) is 7.71. The molecule has 21 heavy (non-hydrogen) atoms. The highest BCUT2D eigenvalue weighted by Gasteiger charge is 2.25. The second kappa shape index (κ2) is 6.77. The second-order valence-electron chi connectivity index (χ2n) is 6.06. The first kappa shape index (κ1) is 16.3. The van der Waals surface area contributed by atoms with Crippen molar-refractivity contribution in [2.45, 2.75) is 33.3 Å². The Balaban J connectivity index is 1.96. The lowest BCUT2D eigenvalue weighted by atomic mass is 9.96. The van der Waals surface area contributed by atoms with Gasteiger partial charge in [0.1, 0.15) is 0 Å². The van der Waals surface area contributed by atoms with Crippen LogP contribution < -0.4 is 5.32 Å². The van der Waals surface area contributed by atoms with Crippen LogP contribution >= 0.6 is 11.6 Å². The van der Waals surface area contributed by atoms with Crippen LogP contribution in [0.1, 0.15) is 24.5 Å². The summed E-state index contributed by atoms with van der Waals surface area (Å²) in [7, 11) is 0. The third-order valence-corrected chi connectivity index (χ3v) is 4.36. The van der Waals surface area contributed by atoms with Crippen molar-refractivity contribution in [3.05, 3.63) is 28.3 Å². The van der Waals surface area contributed by atoms with E-state index < -0.39 is 0 Å². The van der Waals surface area contributed by atoms with E-state index in [1.54, 1.807) is 0 Å². The van der Waals surface area contributed by atoms with Gasteiger partial charge in [-0.05, 0) is 49.9 Å². The molecule has 1 heterocycles. The van der Waals surface area contributed by atoms with Gasteiger partial charge in [-0.1, -0.05) is 24.6 Å². The van der Waals surface area contributed by atoms with Gasteiger partial charge in [-0.25, -0.2) is 0 Å². The van der Waals surface area contributed by atoms with E-state index in [1.165, 1.54) is 0 Å². The minimum absolute atomic E-state index is 0.0920. The molecule has 0 saturated carbocycles. The van der Waals surface area contributed by atoms with Crippen molar-refractivity contribution < 1.29 is 9.90 Å². The van der Waals surface area contributed by atoms with Crippen molar-refractivity contribution in [3.63, 3.8) is 0 Å². The Hall–Kier alpha value is -1.10. The molecular formula is C16H23ClN2O2. The smallest absolute Gasteiger partial charge is 0.238 e. The number of carbonyl (C=O) groups excluding carboxylic acids is 1. The van der Waals surface area contributed by atoms with Gasteiger partial charge in [0.2, 0.25) is 5.91 Å². The molecule has 1 aliphatic rings. The molecule has 4 nitrogen and oxygen atoms in total. The standard InChI is InChI=1S/C16H23ClN2O2/c1-10-6-12(3)16(13(17)7-10)18-15(21)9-19-5-4-11(2)14(20)8-19/h6-7,11,14,20H,4-5,8-9H2,1-3H3,(H,18,21). The molecule has 1 saturated heterocycles. The quantitative estimate of drug-likeness (QED) is 0.902. The van der Waals surface area contributed by atoms with E-state index in [0.29, 0.717) is 23.2 Å². The summed E-state index contributed by atoms with van der Waals surface area (Å²) in [6.45, 7) is 7.62. The molecule has 5 heteroatoms. The predicted octanol–water partition coefficient (Wildman–Crippen LogP) is 2.60. The van der Waals surface area contributed by atoms with Gasteiger partial charge >= 0.3 is 0 Å². The number of nitrogens with zero attached hydrogens (tertiary/aromatic N) is 1. The average Bonchev–Trinajstić information content (AvgIpc) is 2.38. The molecule has 1 aromatic rings. The highest BCUT2D eigenvalue weighted by molar-refractivity contribution is 6.34. The number of nitrogens with one attached hydrogen (secondary N) is 1. The largest absolute Gasteiger partial charge is 0.392 e. The normalized spacial score (nSPS) is 23.1. The topological polar surface area (TPSA) is 52.6 Å². The zero-order valence-electron chi connectivity index (χ0n) is 12.8. The molecule has 2 unspecified atom stereocenters. The van der Waals surface area contributed by atoms with Crippen LogP contribution in [-0.4, -0.2) is 41.7 Å². The summed E-state index contributed by atoms with van der Waals surface area (Å²) in [5.41, 5.74) is 2.71. The molecule has 116 valence electrons. The molecule has 0 aliphatic carbocycles. The van der Waals surface area contributed by atoms with E-state index in [1.807, 2.05) is 37.8 Å². The van der Waals surface area contributed by atoms with Crippen LogP contribution in [0, 0.1) is 19.8 Å². The van der Waals surface area contributed by atoms with Gasteiger partial charge in [-0.15, -0.1) is 0 Å². The highest BCUT2D eigenvalue weighted by atomic mass is 35.5. The number of rotatable bonds is 3. The lowest BCUT2D eigenvalue weighted by Crippen LogP contribution is -2.45. The number of benzene rings is 1. The molecule has 2 atom stereocenters. The summed E-state index contributed by atoms with van der Waals surface area (Å²) in [4.78, 5) is 14.1. The van der Waals surface area contributed by atoms with Crippen molar-refractivity contribution in [1.82, 2.24) is 4.90 Å². The maximum absolute atomic E-state index is 12.2. The molecule has 2 rings (SSSR count). The number of anilines is 1. The van der Waals surface area contributed by atoms with E-state index in [2.05, 4.69) is 5.32 Å². The monoisotopic (exact) mass is 310 g/mol. The maximum Gasteiger partial charge on any atom is 0.238 e. The molecule has 2 N–H and O–H groups in total. The van der Waals surface area contributed by atoms with Crippen LogP contribution in [0.5, 0.6) is 0 Å². The molecule has 1 amide bonds. The molecule has 0 spiro atoms. The lowest BCUT2D eigenvalue weighted by molar-refractivity contribution is -0.118. The van der Waals surface area contributed by atoms with E-state index >= 15 is 0 Å². The lowest BCUT2D eigenvalue weighted by Gasteiger charge is -2.33. The van der Waals surface area contributed by atoms with Crippen molar-refractivity contribution in [3.8, 4) is 0 Å². The van der Waals surface area contributed by atoms with Gasteiger partial charge < -0.3 is 10.4 Å². The maximum atomic E-state index is 12.2. The number of aliphatic hydroxyl groups excluding tert-OH is 1. The van der Waals surface area contributed by atoms with E-state index in [4.69, 9.17) is 11.6 Å². The molecule has 1 fully saturated rings. The Kier molecular flexibility index (Phi) is 5.25. The number of likely N-dealkylation sites (tertiary alicyclic amines) is 1. The first-order valence-electron chi connectivity index (χ1n) is 7.34. The Labute approximate surface area is 131 Å². The van der Waals surface area contributed by atoms with Crippen molar-refractivity contribution in [2.75, 3.05) is 25.0 Å². The number of aryl methyl sites for hydroxylation is 2. The Morgan fingerprint density at radius 2 is 2.19 bits per heavy atom. The number of piperidine rings is 1. The number of hydrogen-bond acceptors (Lipinski definition) is 3. The van der Waals surface area contributed by atoms with E-state index in [9.17, 15) is 9.90 Å². The van der Waals surface area contributed by atoms with Crippen molar-refractivity contribution in [1.29, 1.82) is 0 Å². The van der Waals surface area contributed by atoms with Gasteiger partial charge in [-0.2, -0.15) is 0 Å². The van der Waals surface area contributed by atoms with Gasteiger partial charge in [0.05, 0.1) is 23.4 Å². The summed E-state index contributed by atoms with van der Waals surface area (Å²) in [6, 6.07) is 3.84. The van der Waals surface area contributed by atoms with Crippen LogP contribution in [0.25, 0.3) is 0 Å². The summed E-state index contributed by atoms with van der Waals surface area (Å²) in [5, 5.41) is 13.3. The Morgan fingerprint density at radius 3 is 2.81 bits per heavy atom. The van der Waals surface area contributed by atoms with Gasteiger partial charge in [0.25, 0.3) is 0 Å². The van der Waals surface area contributed by atoms with Gasteiger partial charge in [-0.3, -0.25) is 9.69 Å². The first-order chi connectivity index (χ1) is 9.86. The zero-order valence-corrected chi connectivity index (χ0v) is 13.6. The molecule has 0 bridgehead atoms. The zero-order chi connectivity index (χ0) is 15.6. The van der Waals surface area contributed by atoms with Crippen LogP contribution in [0.15, 0.2) is 12.1 Å². The molecule has 1 aromatic carbocycles. The van der Waals surface area contributed by atoms with Crippen LogP contribution in [0.2, 0.25) is 5.02 Å². The summed E-state index contributed by atoms with van der Waals surface area (Å²) >= 11 is 6.20. The Morgan fingerprint density at radius 1 is 1.48 bits per heavy atom. The number of β-amino-alcohol motifs (C(OH)–C–C–N with tert-alkyl or cyclic N) is 1. The van der Waals surface area contributed by atoms with Crippen LogP contribution in [0.4, 0.5) is 5.69 Å². The number of aliphatic hydroxyl groups is 1. The van der Waals surface area contributed by atoms with E-state index in [0.717, 1.165) is 24.1 Å². The number of halogens is 1. The van der Waals surface area contributed by atoms with Crippen LogP contribution in [0.3, 0.4) is 0 Å². The van der Waals surface area contributed by atoms with Gasteiger partial charge in [0.15, 0.2) is 0 Å². The average molecular weight is 311 g/mol. The summed E-state index contributed by atoms with van der Waals surface area (Å²) in [6.07, 6.45) is 0.565. The fourth-order valence-electron chi connectivity index (χ4n) is 2.71. The van der Waals surface area contributed by atoms with Gasteiger partial charge in [0, 0.05) is 6.54 Å². The summed E-state index contributed by atoms with van der Waals surface area (Å²) < 4.78 is 0. The molecule has 0 radical (unpaired) electrons.